The Morgan fingerprint density at radius 1 is 1.21 bits per heavy atom. The molecule has 3 amide bonds. The molecule has 0 radical (unpaired) electrons. The molecule has 7 nitrogen and oxygen atoms in total. The van der Waals surface area contributed by atoms with Crippen LogP contribution in [0.1, 0.15) is 22.3 Å². The highest BCUT2D eigenvalue weighted by Crippen LogP contribution is 2.34. The van der Waals surface area contributed by atoms with Crippen molar-refractivity contribution in [3.63, 3.8) is 0 Å². The normalized spacial score (nSPS) is 12.4. The molecule has 2 aromatic rings. The van der Waals surface area contributed by atoms with E-state index in [-0.39, 0.29) is 17.7 Å². The van der Waals surface area contributed by atoms with E-state index < -0.39 is 0 Å². The second-order valence-corrected chi connectivity index (χ2v) is 6.36. The van der Waals surface area contributed by atoms with Crippen LogP contribution >= 0.6 is 0 Å². The molecule has 144 valence electrons. The molecule has 0 aromatic heterocycles. The maximum absolute atomic E-state index is 12.6. The van der Waals surface area contributed by atoms with Gasteiger partial charge in [0.1, 0.15) is 5.75 Å². The Morgan fingerprint density at radius 3 is 2.57 bits per heavy atom. The van der Waals surface area contributed by atoms with Crippen molar-refractivity contribution in [3.05, 3.63) is 60.2 Å². The number of carbonyl (C=O) groups is 3. The van der Waals surface area contributed by atoms with Crippen molar-refractivity contribution in [1.82, 2.24) is 0 Å². The number of aryl methyl sites for hydroxylation is 1. The number of likely N-dealkylation sites (N-methyl/N-ethyl adjacent to an activating group) is 1. The third-order valence-electron chi connectivity index (χ3n) is 4.59. The number of anilines is 3. The fraction of sp³-hybridized carbons (Fsp3) is 0.190. The Kier molecular flexibility index (Phi) is 5.44. The summed E-state index contributed by atoms with van der Waals surface area (Å²) in [7, 11) is 3.16. The van der Waals surface area contributed by atoms with Gasteiger partial charge in [-0.1, -0.05) is 6.58 Å². The minimum Gasteiger partial charge on any atom is -0.495 e. The lowest BCUT2D eigenvalue weighted by Gasteiger charge is -2.20. The molecule has 1 aliphatic rings. The minimum atomic E-state index is -0.329. The summed E-state index contributed by atoms with van der Waals surface area (Å²) in [5.74, 6) is -0.0948. The van der Waals surface area contributed by atoms with E-state index >= 15 is 0 Å². The summed E-state index contributed by atoms with van der Waals surface area (Å²) in [5, 5.41) is 5.62. The summed E-state index contributed by atoms with van der Waals surface area (Å²) in [6.07, 6.45) is 2.28. The van der Waals surface area contributed by atoms with Gasteiger partial charge < -0.3 is 20.3 Å². The Bertz CT molecular complexity index is 951. The van der Waals surface area contributed by atoms with E-state index in [0.717, 1.165) is 5.56 Å². The fourth-order valence-corrected chi connectivity index (χ4v) is 2.97. The lowest BCUT2D eigenvalue weighted by Crippen LogP contribution is -2.23. The number of carbonyl (C=O) groups excluding carboxylic acids is 3. The van der Waals surface area contributed by atoms with Crippen molar-refractivity contribution in [2.75, 3.05) is 29.7 Å². The quantitative estimate of drug-likeness (QED) is 0.782. The number of amides is 3. The highest BCUT2D eigenvalue weighted by atomic mass is 16.5. The first kappa shape index (κ1) is 19.2. The number of fused-ring (bicyclic) bond motifs is 1. The average Bonchev–Trinajstić information content (AvgIpc) is 2.72. The molecule has 28 heavy (non-hydrogen) atoms. The van der Waals surface area contributed by atoms with Crippen LogP contribution in [-0.4, -0.2) is 31.9 Å². The molecule has 0 bridgehead atoms. The molecular weight excluding hydrogens is 358 g/mol. The van der Waals surface area contributed by atoms with E-state index in [0.29, 0.717) is 41.2 Å². The molecular formula is C21H21N3O4. The molecule has 2 N–H and O–H groups in total. The largest absolute Gasteiger partial charge is 0.495 e. The molecule has 1 heterocycles. The number of benzene rings is 2. The highest BCUT2D eigenvalue weighted by molar-refractivity contribution is 6.06. The van der Waals surface area contributed by atoms with Gasteiger partial charge in [-0.2, -0.15) is 0 Å². The average molecular weight is 379 g/mol. The summed E-state index contributed by atoms with van der Waals surface area (Å²) in [5.41, 5.74) is 3.18. The maximum atomic E-state index is 12.6. The van der Waals surface area contributed by atoms with E-state index in [1.54, 1.807) is 37.4 Å². The van der Waals surface area contributed by atoms with Crippen LogP contribution < -0.4 is 20.3 Å². The van der Waals surface area contributed by atoms with Gasteiger partial charge in [0.05, 0.1) is 12.8 Å². The standard InChI is InChI=1S/C21H21N3O4/c1-4-20(26)24(2)15-8-5-13(6-9-15)21(27)23-17-12-16-14(11-18(17)28-3)7-10-19(25)22-16/h4-6,8-9,11-12H,1,7,10H2,2-3H3,(H,22,25)(H,23,27). The van der Waals surface area contributed by atoms with Crippen LogP contribution in [0.2, 0.25) is 0 Å². The zero-order valence-corrected chi connectivity index (χ0v) is 15.7. The van der Waals surface area contributed by atoms with Crippen molar-refractivity contribution in [1.29, 1.82) is 0 Å². The third-order valence-corrected chi connectivity index (χ3v) is 4.59. The number of hydrogen-bond donors (Lipinski definition) is 2. The monoisotopic (exact) mass is 379 g/mol. The van der Waals surface area contributed by atoms with Crippen molar-refractivity contribution in [3.8, 4) is 5.75 Å². The van der Waals surface area contributed by atoms with Crippen LogP contribution in [0.4, 0.5) is 17.1 Å². The van der Waals surface area contributed by atoms with Crippen LogP contribution in [-0.2, 0) is 16.0 Å². The van der Waals surface area contributed by atoms with Crippen molar-refractivity contribution >= 4 is 34.8 Å². The van der Waals surface area contributed by atoms with E-state index in [9.17, 15) is 14.4 Å². The Balaban J connectivity index is 1.81. The zero-order valence-electron chi connectivity index (χ0n) is 15.7. The number of rotatable bonds is 5. The van der Waals surface area contributed by atoms with Crippen LogP contribution in [0, 0.1) is 0 Å². The smallest absolute Gasteiger partial charge is 0.255 e. The van der Waals surface area contributed by atoms with Crippen LogP contribution in [0.25, 0.3) is 0 Å². The number of nitrogens with zero attached hydrogens (tertiary/aromatic N) is 1. The molecule has 0 atom stereocenters. The van der Waals surface area contributed by atoms with Gasteiger partial charge in [-0.25, -0.2) is 0 Å². The van der Waals surface area contributed by atoms with Crippen LogP contribution in [0.5, 0.6) is 5.75 Å². The second kappa shape index (κ2) is 7.96. The van der Waals surface area contributed by atoms with Gasteiger partial charge in [0, 0.05) is 30.4 Å². The Morgan fingerprint density at radius 2 is 1.93 bits per heavy atom. The maximum Gasteiger partial charge on any atom is 0.255 e. The lowest BCUT2D eigenvalue weighted by molar-refractivity contribution is -0.116. The molecule has 1 aliphatic heterocycles. The molecule has 3 rings (SSSR count). The molecule has 2 aromatic carbocycles. The molecule has 0 aliphatic carbocycles. The second-order valence-electron chi connectivity index (χ2n) is 6.36. The summed E-state index contributed by atoms with van der Waals surface area (Å²) in [4.78, 5) is 37.4. The van der Waals surface area contributed by atoms with Gasteiger partial charge >= 0.3 is 0 Å². The van der Waals surface area contributed by atoms with E-state index in [1.165, 1.54) is 18.1 Å². The van der Waals surface area contributed by atoms with Gasteiger partial charge in [0.2, 0.25) is 11.8 Å². The predicted octanol–water partition coefficient (Wildman–Crippen LogP) is 2.98. The summed E-state index contributed by atoms with van der Waals surface area (Å²) in [6.45, 7) is 3.46. The van der Waals surface area contributed by atoms with Crippen molar-refractivity contribution < 1.29 is 19.1 Å². The first-order valence-corrected chi connectivity index (χ1v) is 8.75. The molecule has 0 spiro atoms. The van der Waals surface area contributed by atoms with Crippen LogP contribution in [0.15, 0.2) is 49.1 Å². The number of methoxy groups -OCH3 is 1. The molecule has 0 fully saturated rings. The Labute approximate surface area is 163 Å². The van der Waals surface area contributed by atoms with Gasteiger partial charge in [0.25, 0.3) is 5.91 Å². The Hall–Kier alpha value is -3.61. The first-order chi connectivity index (χ1) is 13.4. The molecule has 0 saturated carbocycles. The summed E-state index contributed by atoms with van der Waals surface area (Å²) < 4.78 is 5.38. The van der Waals surface area contributed by atoms with Crippen molar-refractivity contribution in [2.45, 2.75) is 12.8 Å². The number of hydrogen-bond acceptors (Lipinski definition) is 4. The van der Waals surface area contributed by atoms with Crippen molar-refractivity contribution in [2.24, 2.45) is 0 Å². The molecule has 7 heteroatoms. The number of nitrogens with one attached hydrogen (secondary N) is 2. The predicted molar refractivity (Wildman–Crippen MR) is 108 cm³/mol. The topological polar surface area (TPSA) is 87.7 Å². The van der Waals surface area contributed by atoms with Gasteiger partial charge in [-0.15, -0.1) is 0 Å². The summed E-state index contributed by atoms with van der Waals surface area (Å²) >= 11 is 0. The van der Waals surface area contributed by atoms with Gasteiger partial charge in [-0.05, 0) is 54.5 Å². The first-order valence-electron chi connectivity index (χ1n) is 8.75. The van der Waals surface area contributed by atoms with Crippen LogP contribution in [0.3, 0.4) is 0 Å². The summed E-state index contributed by atoms with van der Waals surface area (Å²) in [6, 6.07) is 10.1. The van der Waals surface area contributed by atoms with Gasteiger partial charge in [-0.3, -0.25) is 14.4 Å². The zero-order chi connectivity index (χ0) is 20.3. The highest BCUT2D eigenvalue weighted by Gasteiger charge is 2.19. The molecule has 0 unspecified atom stereocenters. The van der Waals surface area contributed by atoms with E-state index in [1.807, 2.05) is 6.07 Å². The number of ether oxygens (including phenoxy) is 1. The molecule has 0 saturated heterocycles. The van der Waals surface area contributed by atoms with Gasteiger partial charge in [0.15, 0.2) is 0 Å². The SMILES string of the molecule is C=CC(=O)N(C)c1ccc(C(=O)Nc2cc3c(cc2OC)CCC(=O)N3)cc1. The van der Waals surface area contributed by atoms with E-state index in [2.05, 4.69) is 17.2 Å². The minimum absolute atomic E-state index is 0.0521. The lowest BCUT2D eigenvalue weighted by atomic mass is 10.0. The third kappa shape index (κ3) is 3.88. The fourth-order valence-electron chi connectivity index (χ4n) is 2.97. The van der Waals surface area contributed by atoms with E-state index in [4.69, 9.17) is 4.74 Å².